The third kappa shape index (κ3) is 15.3. The topological polar surface area (TPSA) is 42.0 Å². The lowest BCUT2D eigenvalue weighted by Gasteiger charge is -2.25. The van der Waals surface area contributed by atoms with Crippen molar-refractivity contribution in [2.75, 3.05) is 33.5 Å². The average molecular weight is 451 g/mol. The van der Waals surface area contributed by atoms with Gasteiger partial charge in [-0.15, -0.1) is 0 Å². The van der Waals surface area contributed by atoms with Crippen LogP contribution in [0.2, 0.25) is 0 Å². The van der Waals surface area contributed by atoms with E-state index < -0.39 is 0 Å². The molecule has 1 aliphatic rings. The normalized spacial score (nSPS) is 14.2. The molecule has 0 saturated heterocycles. The molecule has 1 heterocycles. The molecule has 5 heteroatoms. The zero-order valence-electron chi connectivity index (χ0n) is 21.3. The van der Waals surface area contributed by atoms with Crippen molar-refractivity contribution in [3.8, 4) is 0 Å². The fourth-order valence-electron chi connectivity index (χ4n) is 3.96. The van der Waals surface area contributed by atoms with Gasteiger partial charge in [-0.1, -0.05) is 97.0 Å². The van der Waals surface area contributed by atoms with E-state index in [1.807, 2.05) is 19.4 Å². The van der Waals surface area contributed by atoms with E-state index in [0.29, 0.717) is 18.7 Å². The van der Waals surface area contributed by atoms with Gasteiger partial charge in [0.1, 0.15) is 6.10 Å². The minimum atomic E-state index is -0.341. The summed E-state index contributed by atoms with van der Waals surface area (Å²) in [6.07, 6.45) is 22.7. The Morgan fingerprint density at radius 2 is 1.44 bits per heavy atom. The highest BCUT2D eigenvalue weighted by atomic mass is 16.6. The van der Waals surface area contributed by atoms with Crippen molar-refractivity contribution in [3.05, 3.63) is 24.6 Å². The van der Waals surface area contributed by atoms with Crippen LogP contribution in [0.3, 0.4) is 0 Å². The second-order valence-corrected chi connectivity index (χ2v) is 9.45. The van der Waals surface area contributed by atoms with Crippen LogP contribution < -0.4 is 0 Å². The fourth-order valence-corrected chi connectivity index (χ4v) is 3.96. The van der Waals surface area contributed by atoms with Crippen molar-refractivity contribution in [3.63, 3.8) is 0 Å². The number of rotatable bonds is 21. The molecule has 0 radical (unpaired) electrons. The molecule has 0 spiro atoms. The van der Waals surface area contributed by atoms with Crippen molar-refractivity contribution >= 4 is 5.97 Å². The smallest absolute Gasteiger partial charge is 0.333 e. The van der Waals surface area contributed by atoms with Gasteiger partial charge in [-0.25, -0.2) is 4.79 Å². The van der Waals surface area contributed by atoms with E-state index in [1.165, 1.54) is 83.5 Å². The first kappa shape index (κ1) is 28.5. The number of carbonyl (C=O) groups excluding carboxylic acids is 1. The van der Waals surface area contributed by atoms with Crippen LogP contribution in [0.4, 0.5) is 0 Å². The van der Waals surface area contributed by atoms with Gasteiger partial charge in [0, 0.05) is 31.6 Å². The predicted octanol–water partition coefficient (Wildman–Crippen LogP) is 6.65. The Balaban J connectivity index is 1.99. The summed E-state index contributed by atoms with van der Waals surface area (Å²) in [5.74, 6) is -0.341. The van der Waals surface area contributed by atoms with Gasteiger partial charge < -0.3 is 19.3 Å². The lowest BCUT2D eigenvalue weighted by Crippen LogP contribution is -2.36. The highest BCUT2D eigenvalue weighted by molar-refractivity contribution is 5.87. The van der Waals surface area contributed by atoms with Gasteiger partial charge in [0.15, 0.2) is 0 Å². The van der Waals surface area contributed by atoms with Gasteiger partial charge >= 0.3 is 5.97 Å². The SMILES string of the molecule is C=C(C)C(=O)OC(COCCCCCCCCCCCCCCCC)CN1C=CN(C)C1. The fraction of sp³-hybridized carbons (Fsp3) is 0.815. The molecule has 1 aliphatic heterocycles. The molecule has 32 heavy (non-hydrogen) atoms. The first-order chi connectivity index (χ1) is 15.5. The minimum Gasteiger partial charge on any atom is -0.455 e. The minimum absolute atomic E-state index is 0.276. The van der Waals surface area contributed by atoms with Crippen LogP contribution in [0.5, 0.6) is 0 Å². The molecule has 0 fully saturated rings. The van der Waals surface area contributed by atoms with Crippen LogP contribution in [-0.4, -0.2) is 55.3 Å². The third-order valence-corrected chi connectivity index (χ3v) is 5.94. The Kier molecular flexibility index (Phi) is 17.0. The number of nitrogens with zero attached hydrogens (tertiary/aromatic N) is 2. The molecular weight excluding hydrogens is 400 g/mol. The molecule has 186 valence electrons. The van der Waals surface area contributed by atoms with E-state index in [4.69, 9.17) is 9.47 Å². The van der Waals surface area contributed by atoms with Crippen LogP contribution in [0.15, 0.2) is 24.6 Å². The Labute approximate surface area is 198 Å². The van der Waals surface area contributed by atoms with Crippen LogP contribution in [-0.2, 0) is 14.3 Å². The van der Waals surface area contributed by atoms with E-state index in [-0.39, 0.29) is 12.1 Å². The van der Waals surface area contributed by atoms with Crippen LogP contribution in [0, 0.1) is 0 Å². The summed E-state index contributed by atoms with van der Waals surface area (Å²) in [6, 6.07) is 0. The maximum absolute atomic E-state index is 11.9. The monoisotopic (exact) mass is 450 g/mol. The predicted molar refractivity (Wildman–Crippen MR) is 134 cm³/mol. The number of hydrogen-bond acceptors (Lipinski definition) is 5. The van der Waals surface area contributed by atoms with Crippen LogP contribution in [0.25, 0.3) is 0 Å². The summed E-state index contributed by atoms with van der Waals surface area (Å²) in [5.41, 5.74) is 0.427. The molecular formula is C27H50N2O3. The molecule has 1 rings (SSSR count). The summed E-state index contributed by atoms with van der Waals surface area (Å²) in [6.45, 7) is 10.2. The molecule has 0 aromatic rings. The van der Waals surface area contributed by atoms with Gasteiger partial charge in [0.05, 0.1) is 19.8 Å². The Bertz CT molecular complexity index is 521. The Morgan fingerprint density at radius 1 is 0.906 bits per heavy atom. The van der Waals surface area contributed by atoms with Crippen LogP contribution in [0.1, 0.15) is 104 Å². The summed E-state index contributed by atoms with van der Waals surface area (Å²) in [7, 11) is 2.03. The Morgan fingerprint density at radius 3 is 1.91 bits per heavy atom. The summed E-state index contributed by atoms with van der Waals surface area (Å²) >= 11 is 0. The number of hydrogen-bond donors (Lipinski definition) is 0. The zero-order chi connectivity index (χ0) is 23.4. The van der Waals surface area contributed by atoms with E-state index in [2.05, 4.69) is 23.3 Å². The molecule has 0 aromatic heterocycles. The quantitative estimate of drug-likeness (QED) is 0.111. The Hall–Kier alpha value is -1.49. The molecule has 0 aromatic carbocycles. The second-order valence-electron chi connectivity index (χ2n) is 9.45. The molecule has 0 N–H and O–H groups in total. The molecule has 0 aliphatic carbocycles. The van der Waals surface area contributed by atoms with E-state index in [0.717, 1.165) is 19.7 Å². The van der Waals surface area contributed by atoms with Crippen molar-refractivity contribution in [2.45, 2.75) is 110 Å². The van der Waals surface area contributed by atoms with Crippen molar-refractivity contribution < 1.29 is 14.3 Å². The van der Waals surface area contributed by atoms with Crippen LogP contribution >= 0.6 is 0 Å². The summed E-state index contributed by atoms with van der Waals surface area (Å²) < 4.78 is 11.4. The molecule has 0 bridgehead atoms. The maximum Gasteiger partial charge on any atom is 0.333 e. The summed E-state index contributed by atoms with van der Waals surface area (Å²) in [5, 5.41) is 0. The van der Waals surface area contributed by atoms with Gasteiger partial charge in [-0.05, 0) is 13.3 Å². The van der Waals surface area contributed by atoms with Crippen molar-refractivity contribution in [1.29, 1.82) is 0 Å². The van der Waals surface area contributed by atoms with E-state index in [9.17, 15) is 4.79 Å². The van der Waals surface area contributed by atoms with Gasteiger partial charge in [-0.3, -0.25) is 0 Å². The average Bonchev–Trinajstić information content (AvgIpc) is 3.17. The van der Waals surface area contributed by atoms with E-state index in [1.54, 1.807) is 6.92 Å². The largest absolute Gasteiger partial charge is 0.455 e. The first-order valence-electron chi connectivity index (χ1n) is 13.1. The highest BCUT2D eigenvalue weighted by Gasteiger charge is 2.20. The summed E-state index contributed by atoms with van der Waals surface area (Å²) in [4.78, 5) is 16.2. The zero-order valence-corrected chi connectivity index (χ0v) is 21.3. The number of carbonyl (C=O) groups is 1. The third-order valence-electron chi connectivity index (χ3n) is 5.94. The van der Waals surface area contributed by atoms with Crippen molar-refractivity contribution in [2.24, 2.45) is 0 Å². The first-order valence-corrected chi connectivity index (χ1v) is 13.1. The maximum atomic E-state index is 11.9. The highest BCUT2D eigenvalue weighted by Crippen LogP contribution is 2.13. The van der Waals surface area contributed by atoms with Crippen molar-refractivity contribution in [1.82, 2.24) is 9.80 Å². The molecule has 1 atom stereocenters. The number of ether oxygens (including phenoxy) is 2. The molecule has 0 amide bonds. The number of esters is 1. The lowest BCUT2D eigenvalue weighted by atomic mass is 10.0. The molecule has 1 unspecified atom stereocenters. The molecule has 0 saturated carbocycles. The standard InChI is InChI=1S/C27H50N2O3/c1-5-6-7-8-9-10-11-12-13-14-15-16-17-18-21-31-23-26(32-27(30)25(2)3)22-29-20-19-28(4)24-29/h19-20,26H,2,5-18,21-24H2,1,3-4H3. The second kappa shape index (κ2) is 19.0. The molecule has 5 nitrogen and oxygen atoms in total. The van der Waals surface area contributed by atoms with Gasteiger partial charge in [-0.2, -0.15) is 0 Å². The van der Waals surface area contributed by atoms with Gasteiger partial charge in [0.25, 0.3) is 0 Å². The van der Waals surface area contributed by atoms with Gasteiger partial charge in [0.2, 0.25) is 0 Å². The lowest BCUT2D eigenvalue weighted by molar-refractivity contribution is -0.148. The number of unbranched alkanes of at least 4 members (excludes halogenated alkanes) is 13. The van der Waals surface area contributed by atoms with E-state index >= 15 is 0 Å².